The van der Waals surface area contributed by atoms with Crippen molar-refractivity contribution in [1.82, 2.24) is 0 Å². The second-order valence-electron chi connectivity index (χ2n) is 5.48. The number of rotatable bonds is 9. The lowest BCUT2D eigenvalue weighted by molar-refractivity contribution is -0.710. The van der Waals surface area contributed by atoms with Gasteiger partial charge in [-0.25, -0.2) is 0 Å². The molecule has 124 valence electrons. The van der Waals surface area contributed by atoms with Crippen molar-refractivity contribution in [2.45, 2.75) is 32.9 Å². The number of carbonyl (C=O) groups excluding carboxylic acids is 1. The van der Waals surface area contributed by atoms with Crippen LogP contribution in [-0.2, 0) is 11.3 Å². The van der Waals surface area contributed by atoms with E-state index in [1.807, 2.05) is 17.5 Å². The molecule has 2 N–H and O–H groups in total. The number of carboxylic acids is 1. The quantitative estimate of drug-likeness (QED) is 0.758. The summed E-state index contributed by atoms with van der Waals surface area (Å²) in [6, 6.07) is 12.4. The molecule has 0 saturated carbocycles. The number of hydrogen-bond acceptors (Lipinski definition) is 4. The zero-order valence-corrected chi connectivity index (χ0v) is 14.5. The fourth-order valence-corrected chi connectivity index (χ4v) is 3.52. The summed E-state index contributed by atoms with van der Waals surface area (Å²) in [5.41, 5.74) is 2.42. The van der Waals surface area contributed by atoms with Crippen LogP contribution in [0.25, 0.3) is 0 Å². The van der Waals surface area contributed by atoms with Crippen LogP contribution < -0.4 is 15.3 Å². The minimum Gasteiger partial charge on any atom is -0.550 e. The van der Waals surface area contributed by atoms with Crippen molar-refractivity contribution in [1.29, 1.82) is 0 Å². The van der Waals surface area contributed by atoms with Gasteiger partial charge in [-0.3, -0.25) is 0 Å². The zero-order chi connectivity index (χ0) is 16.7. The van der Waals surface area contributed by atoms with E-state index in [2.05, 4.69) is 48.3 Å². The molecule has 1 aromatic carbocycles. The Morgan fingerprint density at radius 2 is 1.91 bits per heavy atom. The maximum Gasteiger partial charge on any atom is 0.126 e. The molecule has 23 heavy (non-hydrogen) atoms. The molecule has 0 aliphatic rings. The van der Waals surface area contributed by atoms with Crippen molar-refractivity contribution < 1.29 is 15.2 Å². The Bertz CT molecular complexity index is 592. The number of aliphatic carboxylic acids is 1. The van der Waals surface area contributed by atoms with Crippen LogP contribution in [0.2, 0.25) is 0 Å². The second-order valence-corrected chi connectivity index (χ2v) is 6.46. The van der Waals surface area contributed by atoms with Gasteiger partial charge in [0.25, 0.3) is 0 Å². The van der Waals surface area contributed by atoms with E-state index in [4.69, 9.17) is 0 Å². The van der Waals surface area contributed by atoms with E-state index in [1.165, 1.54) is 11.3 Å². The van der Waals surface area contributed by atoms with Crippen LogP contribution in [0.1, 0.15) is 36.8 Å². The summed E-state index contributed by atoms with van der Waals surface area (Å²) in [6.07, 6.45) is 0.0397. The maximum absolute atomic E-state index is 11.0. The van der Waals surface area contributed by atoms with Crippen LogP contribution in [0.4, 0.5) is 5.69 Å². The molecule has 1 atom stereocenters. The number of benzene rings is 1. The molecule has 0 bridgehead atoms. The predicted molar refractivity (Wildman–Crippen MR) is 92.3 cm³/mol. The lowest BCUT2D eigenvalue weighted by Gasteiger charge is -2.21. The minimum atomic E-state index is -1.00. The van der Waals surface area contributed by atoms with Crippen LogP contribution in [0, 0.1) is 0 Å². The second kappa shape index (κ2) is 8.70. The van der Waals surface area contributed by atoms with E-state index < -0.39 is 5.97 Å². The molecule has 1 heterocycles. The van der Waals surface area contributed by atoms with Gasteiger partial charge in [0.2, 0.25) is 0 Å². The molecule has 2 aromatic rings. The normalized spacial score (nSPS) is 12.1. The Morgan fingerprint density at radius 1 is 1.22 bits per heavy atom. The molecule has 1 aromatic heterocycles. The largest absolute Gasteiger partial charge is 0.550 e. The van der Waals surface area contributed by atoms with Crippen LogP contribution in [0.15, 0.2) is 41.8 Å². The van der Waals surface area contributed by atoms with E-state index in [0.29, 0.717) is 0 Å². The van der Waals surface area contributed by atoms with Gasteiger partial charge in [-0.05, 0) is 37.4 Å². The summed E-state index contributed by atoms with van der Waals surface area (Å²) in [4.78, 5) is 14.4. The lowest BCUT2D eigenvalue weighted by atomic mass is 10.1. The first-order valence-corrected chi connectivity index (χ1v) is 8.92. The number of anilines is 1. The lowest BCUT2D eigenvalue weighted by Crippen LogP contribution is -2.84. The molecule has 0 aliphatic heterocycles. The average Bonchev–Trinajstić information content (AvgIpc) is 3.08. The van der Waals surface area contributed by atoms with Gasteiger partial charge >= 0.3 is 0 Å². The number of nitrogens with two attached hydrogens (primary N) is 1. The van der Waals surface area contributed by atoms with E-state index in [-0.39, 0.29) is 12.5 Å². The van der Waals surface area contributed by atoms with Crippen molar-refractivity contribution in [2.75, 3.05) is 18.0 Å². The first-order chi connectivity index (χ1) is 11.1. The third-order valence-corrected chi connectivity index (χ3v) is 5.00. The van der Waals surface area contributed by atoms with Crippen molar-refractivity contribution in [3.05, 3.63) is 52.2 Å². The highest BCUT2D eigenvalue weighted by molar-refractivity contribution is 7.10. The molecule has 0 spiro atoms. The van der Waals surface area contributed by atoms with Gasteiger partial charge in [0.15, 0.2) is 0 Å². The fourth-order valence-electron chi connectivity index (χ4n) is 2.69. The molecule has 0 aliphatic carbocycles. The summed E-state index contributed by atoms with van der Waals surface area (Å²) < 4.78 is 0. The molecule has 0 amide bonds. The summed E-state index contributed by atoms with van der Waals surface area (Å²) in [7, 11) is 0. The number of hydrogen-bond donors (Lipinski definition) is 1. The highest BCUT2D eigenvalue weighted by Crippen LogP contribution is 2.19. The Labute approximate surface area is 141 Å². The topological polar surface area (TPSA) is 60.0 Å². The molecule has 0 radical (unpaired) electrons. The molecule has 0 fully saturated rings. The molecule has 5 heteroatoms. The number of carbonyl (C=O) groups is 1. The third-order valence-electron chi connectivity index (χ3n) is 4.00. The Morgan fingerprint density at radius 3 is 2.43 bits per heavy atom. The zero-order valence-electron chi connectivity index (χ0n) is 13.7. The Balaban J connectivity index is 1.99. The first kappa shape index (κ1) is 17.5. The van der Waals surface area contributed by atoms with Crippen LogP contribution in [-0.4, -0.2) is 19.1 Å². The molecule has 4 nitrogen and oxygen atoms in total. The van der Waals surface area contributed by atoms with Crippen molar-refractivity contribution >= 4 is 23.0 Å². The molecule has 2 rings (SSSR count). The van der Waals surface area contributed by atoms with Gasteiger partial charge in [0.1, 0.15) is 12.6 Å². The number of quaternary nitrogens is 1. The molecular weight excluding hydrogens is 308 g/mol. The highest BCUT2D eigenvalue weighted by atomic mass is 32.1. The minimum absolute atomic E-state index is 0.0397. The predicted octanol–water partition coefficient (Wildman–Crippen LogP) is 1.54. The van der Waals surface area contributed by atoms with Crippen LogP contribution in [0.3, 0.4) is 0 Å². The van der Waals surface area contributed by atoms with Gasteiger partial charge in [-0.15, -0.1) is 11.3 Å². The van der Waals surface area contributed by atoms with E-state index in [9.17, 15) is 9.90 Å². The Kier molecular flexibility index (Phi) is 6.62. The number of thiophene rings is 1. The molecule has 1 unspecified atom stereocenters. The molecule has 0 saturated heterocycles. The van der Waals surface area contributed by atoms with Gasteiger partial charge < -0.3 is 20.1 Å². The van der Waals surface area contributed by atoms with Gasteiger partial charge in [-0.2, -0.15) is 0 Å². The Hall–Kier alpha value is -1.85. The summed E-state index contributed by atoms with van der Waals surface area (Å²) >= 11 is 1.59. The fraction of sp³-hybridized carbons (Fsp3) is 0.389. The van der Waals surface area contributed by atoms with E-state index in [0.717, 1.165) is 24.5 Å². The number of nitrogens with zero attached hydrogens (tertiary/aromatic N) is 1. The summed E-state index contributed by atoms with van der Waals surface area (Å²) in [5, 5.41) is 15.0. The van der Waals surface area contributed by atoms with Crippen molar-refractivity contribution in [2.24, 2.45) is 0 Å². The molecular formula is C18H24N2O2S. The van der Waals surface area contributed by atoms with Gasteiger partial charge in [-0.1, -0.05) is 18.2 Å². The van der Waals surface area contributed by atoms with Crippen LogP contribution >= 0.6 is 11.3 Å². The summed E-state index contributed by atoms with van der Waals surface area (Å²) in [5.74, 6) is -1.00. The van der Waals surface area contributed by atoms with Crippen LogP contribution in [0.5, 0.6) is 0 Å². The third kappa shape index (κ3) is 5.08. The van der Waals surface area contributed by atoms with Gasteiger partial charge in [0.05, 0.1) is 4.88 Å². The monoisotopic (exact) mass is 332 g/mol. The number of carboxylic acid groups (broad SMARTS) is 1. The van der Waals surface area contributed by atoms with Gasteiger partial charge in [0, 0.05) is 36.7 Å². The average molecular weight is 332 g/mol. The smallest absolute Gasteiger partial charge is 0.126 e. The summed E-state index contributed by atoms with van der Waals surface area (Å²) in [6.45, 7) is 7.05. The standard InChI is InChI=1S/C18H24N2O2S/c1-3-20(4-2)15-9-7-14(8-10-15)13-19-16(12-18(21)22)17-6-5-11-23-17/h5-11,16,19H,3-4,12-13H2,1-2H3,(H,21,22). The maximum atomic E-state index is 11.0. The van der Waals surface area contributed by atoms with Crippen molar-refractivity contribution in [3.8, 4) is 0 Å². The van der Waals surface area contributed by atoms with E-state index in [1.54, 1.807) is 11.3 Å². The SMILES string of the molecule is CCN(CC)c1ccc(C[NH2+]C(CC(=O)[O-])c2cccs2)cc1. The first-order valence-electron chi connectivity index (χ1n) is 8.04. The highest BCUT2D eigenvalue weighted by Gasteiger charge is 2.16. The van der Waals surface area contributed by atoms with Crippen molar-refractivity contribution in [3.63, 3.8) is 0 Å². The van der Waals surface area contributed by atoms with E-state index >= 15 is 0 Å².